The number of guanidine groups is 1. The summed E-state index contributed by atoms with van der Waals surface area (Å²) in [6, 6.07) is 10.2. The van der Waals surface area contributed by atoms with Crippen LogP contribution in [0.4, 0.5) is 0 Å². The number of amides is 1. The van der Waals surface area contributed by atoms with Crippen LogP contribution in [-0.4, -0.2) is 50.6 Å². The molecule has 0 spiro atoms. The Bertz CT molecular complexity index is 801. The van der Waals surface area contributed by atoms with Crippen molar-refractivity contribution in [1.29, 1.82) is 0 Å². The average molecular weight is 401 g/mol. The van der Waals surface area contributed by atoms with Crippen LogP contribution < -0.4 is 15.4 Å². The van der Waals surface area contributed by atoms with Crippen molar-refractivity contribution in [1.82, 2.24) is 15.5 Å². The molecule has 0 fully saturated rings. The zero-order valence-electron chi connectivity index (χ0n) is 16.5. The van der Waals surface area contributed by atoms with Crippen LogP contribution in [0.5, 0.6) is 5.75 Å². The third kappa shape index (κ3) is 5.48. The molecule has 28 heavy (non-hydrogen) atoms. The number of carbonyl (C=O) groups excluding carboxylic acids is 1. The van der Waals surface area contributed by atoms with Crippen LogP contribution in [0.3, 0.4) is 0 Å². The molecule has 0 unspecified atom stereocenters. The van der Waals surface area contributed by atoms with Crippen LogP contribution in [0, 0.1) is 0 Å². The Balaban J connectivity index is 1.35. The second kappa shape index (κ2) is 10.1. The lowest BCUT2D eigenvalue weighted by molar-refractivity contribution is -0.131. The van der Waals surface area contributed by atoms with E-state index in [4.69, 9.17) is 4.74 Å². The number of methoxy groups -OCH3 is 1. The summed E-state index contributed by atoms with van der Waals surface area (Å²) in [5, 5.41) is 8.64. The van der Waals surface area contributed by atoms with E-state index < -0.39 is 0 Å². The molecule has 7 heteroatoms. The number of thiophene rings is 1. The maximum absolute atomic E-state index is 12.5. The molecule has 1 aliphatic heterocycles. The van der Waals surface area contributed by atoms with E-state index in [2.05, 4.69) is 39.2 Å². The van der Waals surface area contributed by atoms with Crippen molar-refractivity contribution in [2.75, 3.05) is 33.8 Å². The van der Waals surface area contributed by atoms with Gasteiger partial charge in [0.1, 0.15) is 5.75 Å². The van der Waals surface area contributed by atoms with E-state index >= 15 is 0 Å². The number of hydrogen-bond donors (Lipinski definition) is 2. The van der Waals surface area contributed by atoms with Gasteiger partial charge in [-0.1, -0.05) is 12.1 Å². The number of fused-ring (bicyclic) bond motifs is 1. The predicted octanol–water partition coefficient (Wildman–Crippen LogP) is 2.44. The first kappa shape index (κ1) is 20.2. The highest BCUT2D eigenvalue weighted by molar-refractivity contribution is 7.10. The lowest BCUT2D eigenvalue weighted by Crippen LogP contribution is -2.41. The van der Waals surface area contributed by atoms with Crippen molar-refractivity contribution in [2.45, 2.75) is 25.8 Å². The van der Waals surface area contributed by atoms with Gasteiger partial charge in [-0.3, -0.25) is 9.79 Å². The van der Waals surface area contributed by atoms with E-state index in [9.17, 15) is 4.79 Å². The Morgan fingerprint density at radius 1 is 1.21 bits per heavy atom. The van der Waals surface area contributed by atoms with Crippen molar-refractivity contribution >= 4 is 23.2 Å². The summed E-state index contributed by atoms with van der Waals surface area (Å²) in [7, 11) is 3.41. The van der Waals surface area contributed by atoms with E-state index in [1.54, 1.807) is 25.5 Å². The molecule has 0 saturated heterocycles. The molecule has 3 rings (SSSR count). The zero-order valence-corrected chi connectivity index (χ0v) is 17.3. The van der Waals surface area contributed by atoms with Crippen molar-refractivity contribution in [2.24, 2.45) is 4.99 Å². The molecule has 1 aromatic heterocycles. The maximum atomic E-state index is 12.5. The molecule has 0 aliphatic carbocycles. The second-order valence-electron chi connectivity index (χ2n) is 6.71. The second-order valence-corrected chi connectivity index (χ2v) is 7.71. The van der Waals surface area contributed by atoms with Crippen LogP contribution in [0.15, 0.2) is 40.7 Å². The number of nitrogens with zero attached hydrogens (tertiary/aromatic N) is 2. The number of ether oxygens (including phenoxy) is 1. The molecule has 0 bridgehead atoms. The number of aliphatic imine (C=N–C) groups is 1. The molecular weight excluding hydrogens is 372 g/mol. The quantitative estimate of drug-likeness (QED) is 0.553. The molecule has 2 N–H and O–H groups in total. The summed E-state index contributed by atoms with van der Waals surface area (Å²) in [6.07, 6.45) is 2.33. The maximum Gasteiger partial charge on any atom is 0.224 e. The summed E-state index contributed by atoms with van der Waals surface area (Å²) in [5.74, 6) is 1.78. The first-order valence-corrected chi connectivity index (χ1v) is 10.5. The van der Waals surface area contributed by atoms with Crippen LogP contribution in [0.1, 0.15) is 22.4 Å². The van der Waals surface area contributed by atoms with Gasteiger partial charge in [-0.05, 0) is 47.5 Å². The third-order valence-electron chi connectivity index (χ3n) is 4.88. The zero-order chi connectivity index (χ0) is 19.8. The molecule has 150 valence electrons. The van der Waals surface area contributed by atoms with Crippen molar-refractivity contribution < 1.29 is 9.53 Å². The minimum Gasteiger partial charge on any atom is -0.497 e. The van der Waals surface area contributed by atoms with E-state index in [1.807, 2.05) is 17.0 Å². The lowest BCUT2D eigenvalue weighted by atomic mass is 10.1. The fourth-order valence-electron chi connectivity index (χ4n) is 3.25. The van der Waals surface area contributed by atoms with Gasteiger partial charge in [-0.25, -0.2) is 0 Å². The molecule has 1 amide bonds. The molecule has 1 aromatic carbocycles. The molecule has 2 aromatic rings. The molecule has 6 nitrogen and oxygen atoms in total. The van der Waals surface area contributed by atoms with Gasteiger partial charge in [0.05, 0.1) is 7.11 Å². The van der Waals surface area contributed by atoms with Gasteiger partial charge in [-0.15, -0.1) is 11.3 Å². The average Bonchev–Trinajstić information content (AvgIpc) is 3.20. The number of benzene rings is 1. The highest BCUT2D eigenvalue weighted by atomic mass is 32.1. The number of rotatable bonds is 7. The monoisotopic (exact) mass is 400 g/mol. The number of carbonyl (C=O) groups is 1. The Morgan fingerprint density at radius 3 is 2.75 bits per heavy atom. The van der Waals surface area contributed by atoms with E-state index in [0.717, 1.165) is 44.2 Å². The molecule has 1 aliphatic rings. The summed E-state index contributed by atoms with van der Waals surface area (Å²) in [6.45, 7) is 2.91. The van der Waals surface area contributed by atoms with Gasteiger partial charge in [0.25, 0.3) is 0 Å². The van der Waals surface area contributed by atoms with Crippen LogP contribution >= 0.6 is 11.3 Å². The fraction of sp³-hybridized carbons (Fsp3) is 0.429. The van der Waals surface area contributed by atoms with Gasteiger partial charge in [0, 0.05) is 44.5 Å². The molecule has 0 atom stereocenters. The van der Waals surface area contributed by atoms with E-state index in [1.165, 1.54) is 16.0 Å². The highest BCUT2D eigenvalue weighted by Gasteiger charge is 2.20. The Kier molecular flexibility index (Phi) is 7.31. The Hall–Kier alpha value is -2.54. The first-order chi connectivity index (χ1) is 13.7. The largest absolute Gasteiger partial charge is 0.497 e. The van der Waals surface area contributed by atoms with Crippen molar-refractivity contribution in [3.63, 3.8) is 0 Å². The summed E-state index contributed by atoms with van der Waals surface area (Å²) in [5.41, 5.74) is 2.53. The highest BCUT2D eigenvalue weighted by Crippen LogP contribution is 2.24. The van der Waals surface area contributed by atoms with Gasteiger partial charge in [0.2, 0.25) is 5.91 Å². The summed E-state index contributed by atoms with van der Waals surface area (Å²) < 4.78 is 5.17. The molecule has 2 heterocycles. The van der Waals surface area contributed by atoms with Gasteiger partial charge >= 0.3 is 0 Å². The van der Waals surface area contributed by atoms with E-state index in [-0.39, 0.29) is 5.91 Å². The minimum absolute atomic E-state index is 0.193. The minimum atomic E-state index is 0.193. The van der Waals surface area contributed by atoms with Crippen LogP contribution in [0.2, 0.25) is 0 Å². The SMILES string of the molecule is CN=C(NCCC(=O)N1CCc2sccc2C1)NCCc1ccc(OC)cc1. The van der Waals surface area contributed by atoms with Crippen molar-refractivity contribution in [3.8, 4) is 5.75 Å². The smallest absolute Gasteiger partial charge is 0.224 e. The molecular formula is C21H28N4O2S. The standard InChI is InChI=1S/C21H28N4O2S/c1-22-21(23-11-7-16-3-5-18(27-2)6-4-16)24-12-8-20(26)25-13-9-19-17(15-25)10-14-28-19/h3-6,10,14H,7-9,11-13,15H2,1-2H3,(H2,22,23,24). The topological polar surface area (TPSA) is 66.0 Å². The summed E-state index contributed by atoms with van der Waals surface area (Å²) in [4.78, 5) is 20.1. The normalized spacial score (nSPS) is 13.8. The lowest BCUT2D eigenvalue weighted by Gasteiger charge is -2.27. The summed E-state index contributed by atoms with van der Waals surface area (Å²) >= 11 is 1.79. The van der Waals surface area contributed by atoms with Crippen LogP contribution in [-0.2, 0) is 24.2 Å². The van der Waals surface area contributed by atoms with Gasteiger partial charge < -0.3 is 20.3 Å². The Morgan fingerprint density at radius 2 is 2.00 bits per heavy atom. The first-order valence-electron chi connectivity index (χ1n) is 9.60. The molecule has 0 radical (unpaired) electrons. The predicted molar refractivity (Wildman–Crippen MR) is 114 cm³/mol. The molecule has 0 saturated carbocycles. The number of hydrogen-bond acceptors (Lipinski definition) is 4. The van der Waals surface area contributed by atoms with E-state index in [0.29, 0.717) is 13.0 Å². The van der Waals surface area contributed by atoms with Gasteiger partial charge in [-0.2, -0.15) is 0 Å². The number of nitrogens with one attached hydrogen (secondary N) is 2. The van der Waals surface area contributed by atoms with Crippen molar-refractivity contribution in [3.05, 3.63) is 51.7 Å². The van der Waals surface area contributed by atoms with Crippen LogP contribution in [0.25, 0.3) is 0 Å². The Labute approximate surface area is 170 Å². The fourth-order valence-corrected chi connectivity index (χ4v) is 4.14. The third-order valence-corrected chi connectivity index (χ3v) is 5.90. The van der Waals surface area contributed by atoms with Gasteiger partial charge in [0.15, 0.2) is 5.96 Å².